The number of aromatic nitrogens is 3. The van der Waals surface area contributed by atoms with Gasteiger partial charge in [0, 0.05) is 13.0 Å². The molecule has 0 fully saturated rings. The maximum atomic E-state index is 10.8. The van der Waals surface area contributed by atoms with Crippen molar-refractivity contribution < 1.29 is 9.90 Å². The molecule has 0 N–H and O–H groups in total. The van der Waals surface area contributed by atoms with E-state index in [0.717, 1.165) is 43.6 Å². The maximum Gasteiger partial charge on any atom is 0.174 e. The highest BCUT2D eigenvalue weighted by Gasteiger charge is 2.17. The van der Waals surface area contributed by atoms with Gasteiger partial charge in [-0.15, -0.1) is 10.2 Å². The van der Waals surface area contributed by atoms with Gasteiger partial charge in [0.05, 0.1) is 11.5 Å². The average molecular weight is 307 g/mol. The van der Waals surface area contributed by atoms with Crippen molar-refractivity contribution in [3.63, 3.8) is 0 Å². The predicted molar refractivity (Wildman–Crippen MR) is 81.8 cm³/mol. The lowest BCUT2D eigenvalue weighted by molar-refractivity contribution is -0.255. The molecule has 3 rings (SSSR count). The van der Waals surface area contributed by atoms with Crippen LogP contribution >= 0.6 is 0 Å². The summed E-state index contributed by atoms with van der Waals surface area (Å²) in [6.45, 7) is 0.820. The van der Waals surface area contributed by atoms with Crippen LogP contribution in [0.2, 0.25) is 0 Å². The molecule has 0 unspecified atom stereocenters. The standard InChI is InChI=1S/C17H16N4O2/c18-11-14(10-12-5-7-13(8-6-12)17(22)23)16-20-19-15-4-2-1-3-9-21(15)16/h5-8,10H,1-4,9H2,(H,22,23)/p-1/b14-10+. The van der Waals surface area contributed by atoms with Crippen LogP contribution < -0.4 is 5.11 Å². The zero-order valence-electron chi connectivity index (χ0n) is 12.5. The third kappa shape index (κ3) is 3.14. The fourth-order valence-electron chi connectivity index (χ4n) is 2.71. The molecule has 116 valence electrons. The lowest BCUT2D eigenvalue weighted by Crippen LogP contribution is -2.21. The first kappa shape index (κ1) is 15.0. The summed E-state index contributed by atoms with van der Waals surface area (Å²) in [7, 11) is 0. The highest BCUT2D eigenvalue weighted by molar-refractivity contribution is 5.89. The molecule has 0 amide bonds. The van der Waals surface area contributed by atoms with Crippen LogP contribution in [-0.4, -0.2) is 20.7 Å². The molecule has 0 spiro atoms. The Kier molecular flexibility index (Phi) is 4.20. The summed E-state index contributed by atoms with van der Waals surface area (Å²) in [5, 5.41) is 28.6. The van der Waals surface area contributed by atoms with Crippen LogP contribution in [0, 0.1) is 11.3 Å². The lowest BCUT2D eigenvalue weighted by Gasteiger charge is -2.06. The second-order valence-corrected chi connectivity index (χ2v) is 5.48. The summed E-state index contributed by atoms with van der Waals surface area (Å²) in [5.74, 6) is 0.281. The van der Waals surface area contributed by atoms with Crippen LogP contribution in [0.3, 0.4) is 0 Å². The smallest absolute Gasteiger partial charge is 0.174 e. The molecule has 0 saturated heterocycles. The number of allylic oxidation sites excluding steroid dienone is 1. The first-order valence-corrected chi connectivity index (χ1v) is 7.54. The second-order valence-electron chi connectivity index (χ2n) is 5.48. The number of carboxylic acids is 1. The summed E-state index contributed by atoms with van der Waals surface area (Å²) in [5.41, 5.74) is 1.27. The van der Waals surface area contributed by atoms with Gasteiger partial charge in [0.2, 0.25) is 0 Å². The Bertz CT molecular complexity index is 797. The van der Waals surface area contributed by atoms with Crippen molar-refractivity contribution in [3.8, 4) is 6.07 Å². The summed E-state index contributed by atoms with van der Waals surface area (Å²) >= 11 is 0. The third-order valence-electron chi connectivity index (χ3n) is 3.93. The monoisotopic (exact) mass is 307 g/mol. The van der Waals surface area contributed by atoms with Gasteiger partial charge in [-0.25, -0.2) is 0 Å². The van der Waals surface area contributed by atoms with Gasteiger partial charge in [-0.3, -0.25) is 0 Å². The van der Waals surface area contributed by atoms with E-state index >= 15 is 0 Å². The van der Waals surface area contributed by atoms with E-state index in [-0.39, 0.29) is 5.56 Å². The largest absolute Gasteiger partial charge is 0.545 e. The van der Waals surface area contributed by atoms with E-state index in [4.69, 9.17) is 0 Å². The molecule has 0 atom stereocenters. The van der Waals surface area contributed by atoms with Crippen molar-refractivity contribution in [1.82, 2.24) is 14.8 Å². The number of nitriles is 1. The maximum absolute atomic E-state index is 10.8. The van der Waals surface area contributed by atoms with Crippen LogP contribution in [0.15, 0.2) is 24.3 Å². The minimum atomic E-state index is -1.22. The van der Waals surface area contributed by atoms with E-state index in [1.54, 1.807) is 18.2 Å². The molecular weight excluding hydrogens is 292 g/mol. The number of nitrogens with zero attached hydrogens (tertiary/aromatic N) is 4. The zero-order valence-corrected chi connectivity index (χ0v) is 12.5. The SMILES string of the molecule is N#C/C(=C\c1ccc(C(=O)[O-])cc1)c1nnc2n1CCCCC2. The summed E-state index contributed by atoms with van der Waals surface area (Å²) in [6, 6.07) is 8.37. The summed E-state index contributed by atoms with van der Waals surface area (Å²) in [4.78, 5) is 10.8. The van der Waals surface area contributed by atoms with Gasteiger partial charge in [0.25, 0.3) is 0 Å². The number of aryl methyl sites for hydroxylation is 1. The Morgan fingerprint density at radius 3 is 2.70 bits per heavy atom. The van der Waals surface area contributed by atoms with Crippen molar-refractivity contribution >= 4 is 17.6 Å². The molecule has 1 aliphatic heterocycles. The normalized spacial score (nSPS) is 14.7. The molecule has 0 aliphatic carbocycles. The topological polar surface area (TPSA) is 94.6 Å². The number of fused-ring (bicyclic) bond motifs is 1. The minimum absolute atomic E-state index is 0.108. The number of carbonyl (C=O) groups is 1. The molecule has 6 heteroatoms. The minimum Gasteiger partial charge on any atom is -0.545 e. The molecule has 0 radical (unpaired) electrons. The lowest BCUT2D eigenvalue weighted by atomic mass is 10.1. The van der Waals surface area contributed by atoms with Crippen LogP contribution in [0.25, 0.3) is 11.6 Å². The zero-order chi connectivity index (χ0) is 16.2. The van der Waals surface area contributed by atoms with Crippen LogP contribution in [0.4, 0.5) is 0 Å². The molecule has 1 aliphatic rings. The van der Waals surface area contributed by atoms with Gasteiger partial charge in [0.15, 0.2) is 5.82 Å². The number of aromatic carboxylic acids is 1. The Labute approximate surface area is 133 Å². The Hall–Kier alpha value is -2.94. The number of benzene rings is 1. The van der Waals surface area contributed by atoms with Gasteiger partial charge in [-0.1, -0.05) is 30.7 Å². The Morgan fingerprint density at radius 1 is 1.22 bits per heavy atom. The highest BCUT2D eigenvalue weighted by Crippen LogP contribution is 2.21. The third-order valence-corrected chi connectivity index (χ3v) is 3.93. The molecule has 1 aromatic carbocycles. The first-order valence-electron chi connectivity index (χ1n) is 7.54. The van der Waals surface area contributed by atoms with Crippen molar-refractivity contribution in [2.75, 3.05) is 0 Å². The molecular formula is C17H15N4O2-. The van der Waals surface area contributed by atoms with Gasteiger partial charge in [0.1, 0.15) is 11.9 Å². The van der Waals surface area contributed by atoms with Crippen molar-refractivity contribution in [2.45, 2.75) is 32.2 Å². The van der Waals surface area contributed by atoms with Crippen molar-refractivity contribution in [1.29, 1.82) is 5.26 Å². The van der Waals surface area contributed by atoms with E-state index < -0.39 is 5.97 Å². The highest BCUT2D eigenvalue weighted by atomic mass is 16.4. The second kappa shape index (κ2) is 6.44. The van der Waals surface area contributed by atoms with E-state index in [1.165, 1.54) is 12.1 Å². The summed E-state index contributed by atoms with van der Waals surface area (Å²) in [6.07, 6.45) is 5.87. The van der Waals surface area contributed by atoms with Gasteiger partial charge < -0.3 is 14.5 Å². The van der Waals surface area contributed by atoms with Crippen LogP contribution in [0.5, 0.6) is 0 Å². The fraction of sp³-hybridized carbons (Fsp3) is 0.294. The van der Waals surface area contributed by atoms with E-state index in [1.807, 2.05) is 4.57 Å². The molecule has 0 saturated carbocycles. The van der Waals surface area contributed by atoms with Crippen molar-refractivity contribution in [3.05, 3.63) is 47.0 Å². The van der Waals surface area contributed by atoms with Crippen LogP contribution in [-0.2, 0) is 13.0 Å². The molecule has 6 nitrogen and oxygen atoms in total. The Morgan fingerprint density at radius 2 is 2.00 bits per heavy atom. The van der Waals surface area contributed by atoms with Crippen LogP contribution in [0.1, 0.15) is 46.8 Å². The average Bonchev–Trinajstić information content (AvgIpc) is 2.81. The Balaban J connectivity index is 1.95. The number of hydrogen-bond acceptors (Lipinski definition) is 5. The first-order chi connectivity index (χ1) is 11.2. The van der Waals surface area contributed by atoms with Crippen molar-refractivity contribution in [2.24, 2.45) is 0 Å². The molecule has 2 heterocycles. The van der Waals surface area contributed by atoms with Gasteiger partial charge in [-0.2, -0.15) is 5.26 Å². The van der Waals surface area contributed by atoms with E-state index in [2.05, 4.69) is 16.3 Å². The molecule has 2 aromatic rings. The number of rotatable bonds is 3. The molecule has 23 heavy (non-hydrogen) atoms. The number of hydrogen-bond donors (Lipinski definition) is 0. The number of carboxylic acid groups (broad SMARTS) is 1. The predicted octanol–water partition coefficient (Wildman–Crippen LogP) is 1.43. The van der Waals surface area contributed by atoms with Gasteiger partial charge in [-0.05, 0) is 30.0 Å². The van der Waals surface area contributed by atoms with E-state index in [9.17, 15) is 15.2 Å². The molecule has 0 bridgehead atoms. The quantitative estimate of drug-likeness (QED) is 0.799. The number of carbonyl (C=O) groups excluding carboxylic acids is 1. The fourth-order valence-corrected chi connectivity index (χ4v) is 2.71. The summed E-state index contributed by atoms with van der Waals surface area (Å²) < 4.78 is 2.01. The van der Waals surface area contributed by atoms with Gasteiger partial charge >= 0.3 is 0 Å². The molecule has 1 aromatic heterocycles. The van der Waals surface area contributed by atoms with E-state index in [0.29, 0.717) is 11.4 Å².